The molecule has 1 aliphatic carbocycles. The summed E-state index contributed by atoms with van der Waals surface area (Å²) in [6, 6.07) is 20.3. The lowest BCUT2D eigenvalue weighted by Crippen LogP contribution is -2.62. The average molecular weight is 663 g/mol. The molecule has 0 saturated heterocycles. The molecule has 1 aromatic heterocycles. The fraction of sp³-hybridized carbons (Fsp3) is 0.312. The van der Waals surface area contributed by atoms with Gasteiger partial charge in [-0.3, -0.25) is 9.59 Å². The Morgan fingerprint density at radius 2 is 1.76 bits per heavy atom. The lowest BCUT2D eigenvalue weighted by Gasteiger charge is -2.36. The first-order valence-electron chi connectivity index (χ1n) is 14.7. The molecule has 2 N–H and O–H groups in total. The predicted molar refractivity (Wildman–Crippen MR) is 182 cm³/mol. The number of carbonyl (C=O) groups is 2. The summed E-state index contributed by atoms with van der Waals surface area (Å²) < 4.78 is 30.6. The molecule has 1 fully saturated rings. The predicted octanol–water partition coefficient (Wildman–Crippen LogP) is 4.74. The third-order valence-electron chi connectivity index (χ3n) is 8.22. The maximum Gasteiger partial charge on any atom is 0.272 e. The number of fused-ring (bicyclic) bond motifs is 1. The molecule has 3 heterocycles. The summed E-state index contributed by atoms with van der Waals surface area (Å²) in [5, 5.41) is 4.37. The van der Waals surface area contributed by atoms with Gasteiger partial charge in [0.1, 0.15) is 9.75 Å². The van der Waals surface area contributed by atoms with Gasteiger partial charge >= 0.3 is 0 Å². The number of nitrogens with one attached hydrogen (secondary N) is 2. The lowest BCUT2D eigenvalue weighted by molar-refractivity contribution is -0.132. The van der Waals surface area contributed by atoms with Crippen molar-refractivity contribution < 1.29 is 18.0 Å². The van der Waals surface area contributed by atoms with Crippen LogP contribution < -0.4 is 19.8 Å². The van der Waals surface area contributed by atoms with Gasteiger partial charge in [-0.2, -0.15) is 4.72 Å². The highest BCUT2D eigenvalue weighted by Crippen LogP contribution is 2.35. The molecule has 2 aromatic carbocycles. The van der Waals surface area contributed by atoms with Crippen LogP contribution in [-0.2, 0) is 19.6 Å². The fourth-order valence-electron chi connectivity index (χ4n) is 5.91. The summed E-state index contributed by atoms with van der Waals surface area (Å²) in [5.41, 5.74) is 1.37. The summed E-state index contributed by atoms with van der Waals surface area (Å²) >= 11 is 2.61. The Morgan fingerprint density at radius 3 is 2.51 bits per heavy atom. The summed E-state index contributed by atoms with van der Waals surface area (Å²) in [4.78, 5) is 40.6. The number of thiophene rings is 1. The monoisotopic (exact) mass is 662 g/mol. The van der Waals surface area contributed by atoms with E-state index in [2.05, 4.69) is 15.0 Å². The van der Waals surface area contributed by atoms with Crippen LogP contribution in [0.15, 0.2) is 93.2 Å². The largest absolute Gasteiger partial charge is 0.325 e. The Kier molecular flexibility index (Phi) is 8.96. The van der Waals surface area contributed by atoms with E-state index in [4.69, 9.17) is 4.99 Å². The summed E-state index contributed by atoms with van der Waals surface area (Å²) in [6.07, 6.45) is 7.15. The van der Waals surface area contributed by atoms with Gasteiger partial charge in [0.2, 0.25) is 12.1 Å². The molecule has 45 heavy (non-hydrogen) atoms. The van der Waals surface area contributed by atoms with Gasteiger partial charge in [0.15, 0.2) is 5.17 Å². The van der Waals surface area contributed by atoms with E-state index in [-0.39, 0.29) is 4.21 Å². The number of amides is 2. The molecular weight excluding hydrogens is 629 g/mol. The molecule has 3 aromatic rings. The normalized spacial score (nSPS) is 19.8. The van der Waals surface area contributed by atoms with E-state index in [1.165, 1.54) is 16.7 Å². The number of nitrogens with zero attached hydrogens (tertiary/aromatic N) is 4. The van der Waals surface area contributed by atoms with Crippen molar-refractivity contribution in [2.75, 3.05) is 29.6 Å². The van der Waals surface area contributed by atoms with Crippen LogP contribution in [-0.4, -0.2) is 62.7 Å². The van der Waals surface area contributed by atoms with Crippen molar-refractivity contribution in [2.45, 2.75) is 48.0 Å². The number of carbonyl (C=O) groups excluding carboxylic acids is 2. The number of amidine groups is 1. The van der Waals surface area contributed by atoms with Gasteiger partial charge in [-0.1, -0.05) is 79.6 Å². The first kappa shape index (κ1) is 31.2. The maximum atomic E-state index is 14.2. The van der Waals surface area contributed by atoms with Crippen molar-refractivity contribution in [3.63, 3.8) is 0 Å². The van der Waals surface area contributed by atoms with Gasteiger partial charge in [-0.25, -0.2) is 18.4 Å². The molecule has 2 aliphatic heterocycles. The second kappa shape index (κ2) is 12.9. The van der Waals surface area contributed by atoms with Crippen LogP contribution >= 0.6 is 23.1 Å². The zero-order chi connectivity index (χ0) is 31.6. The number of hydrogen-bond acceptors (Lipinski definition) is 9. The van der Waals surface area contributed by atoms with Gasteiger partial charge in [0.05, 0.1) is 16.4 Å². The topological polar surface area (TPSA) is 124 Å². The number of anilines is 2. The van der Waals surface area contributed by atoms with Gasteiger partial charge in [-0.05, 0) is 43.4 Å². The van der Waals surface area contributed by atoms with Crippen molar-refractivity contribution >= 4 is 66.5 Å². The van der Waals surface area contributed by atoms with E-state index in [1.807, 2.05) is 71.8 Å². The highest BCUT2D eigenvalue weighted by Gasteiger charge is 2.45. The summed E-state index contributed by atoms with van der Waals surface area (Å²) in [6.45, 7) is 0.582. The van der Waals surface area contributed by atoms with Crippen molar-refractivity contribution in [3.8, 4) is 0 Å². The maximum absolute atomic E-state index is 14.2. The molecule has 2 amide bonds. The van der Waals surface area contributed by atoms with Crippen LogP contribution in [0.3, 0.4) is 0 Å². The van der Waals surface area contributed by atoms with Crippen molar-refractivity contribution in [1.29, 1.82) is 0 Å². The quantitative estimate of drug-likeness (QED) is 0.377. The fourth-order valence-corrected chi connectivity index (χ4v) is 9.25. The first-order valence-corrected chi connectivity index (χ1v) is 18.2. The Hall–Kier alpha value is -3.78. The van der Waals surface area contributed by atoms with Crippen LogP contribution in [0.25, 0.3) is 0 Å². The minimum absolute atomic E-state index is 0.107. The summed E-state index contributed by atoms with van der Waals surface area (Å²) in [5.74, 6) is -0.977. The molecule has 3 aliphatic rings. The molecule has 0 spiro atoms. The average Bonchev–Trinajstić information content (AvgIpc) is 3.55. The number of benzodiazepines with no additional fused rings is 1. The Balaban J connectivity index is 1.30. The van der Waals surface area contributed by atoms with E-state index >= 15 is 0 Å². The Bertz CT molecular complexity index is 1800. The van der Waals surface area contributed by atoms with Crippen LogP contribution in [0.4, 0.5) is 10.7 Å². The lowest BCUT2D eigenvalue weighted by atomic mass is 9.82. The van der Waals surface area contributed by atoms with E-state index in [9.17, 15) is 18.0 Å². The van der Waals surface area contributed by atoms with Crippen LogP contribution in [0, 0.1) is 0 Å². The minimum Gasteiger partial charge on any atom is -0.325 e. The number of thioether (sulfide) groups is 1. The molecule has 0 radical (unpaired) electrons. The molecular formula is C32H34N6O4S3. The molecule has 6 rings (SSSR count). The van der Waals surface area contributed by atoms with Gasteiger partial charge < -0.3 is 15.1 Å². The number of hydrogen-bond donors (Lipinski definition) is 2. The SMILES string of the molecule is CSC1=NC=CCN1c1ccc(S(=O)(=O)NC2(C(=O)NC3N=C(c4ccccc4)c4ccccc4N(C)C3=O)CCCCC2)s1. The number of rotatable bonds is 7. The smallest absolute Gasteiger partial charge is 0.272 e. The number of likely N-dealkylation sites (N-methyl/N-ethyl adjacent to an activating group) is 1. The molecule has 1 atom stereocenters. The third kappa shape index (κ3) is 6.22. The highest BCUT2D eigenvalue weighted by molar-refractivity contribution is 8.13. The first-order chi connectivity index (χ1) is 21.7. The van der Waals surface area contributed by atoms with Crippen LogP contribution in [0.1, 0.15) is 43.2 Å². The molecule has 1 unspecified atom stereocenters. The zero-order valence-electron chi connectivity index (χ0n) is 25.0. The number of aliphatic imine (C=N–C) groups is 2. The standard InChI is InChI=1S/C32H34N6O4S3/c1-37-24-15-8-7-14-23(24)27(22-12-5-3-6-13-22)34-28(29(37)39)35-30(40)32(18-9-4-10-19-32)36-45(41,42)26-17-16-25(44-26)38-21-11-20-33-31(38)43-2/h3,5-8,11-17,20,28,36H,4,9-10,18-19,21H2,1-2H3,(H,35,40). The Morgan fingerprint density at radius 1 is 1.02 bits per heavy atom. The molecule has 0 bridgehead atoms. The van der Waals surface area contributed by atoms with Gasteiger partial charge in [0.25, 0.3) is 15.9 Å². The summed E-state index contributed by atoms with van der Waals surface area (Å²) in [7, 11) is -2.43. The number of sulfonamides is 1. The van der Waals surface area contributed by atoms with Crippen LogP contribution in [0.5, 0.6) is 0 Å². The van der Waals surface area contributed by atoms with E-state index in [0.717, 1.165) is 39.1 Å². The van der Waals surface area contributed by atoms with E-state index in [1.54, 1.807) is 25.4 Å². The van der Waals surface area contributed by atoms with Gasteiger partial charge in [0, 0.05) is 30.9 Å². The van der Waals surface area contributed by atoms with Crippen molar-refractivity contribution in [2.24, 2.45) is 9.98 Å². The second-order valence-corrected chi connectivity index (χ2v) is 14.8. The molecule has 234 valence electrons. The minimum atomic E-state index is -4.09. The number of benzene rings is 2. The molecule has 13 heteroatoms. The van der Waals surface area contributed by atoms with Crippen LogP contribution in [0.2, 0.25) is 0 Å². The number of para-hydroxylation sites is 1. The van der Waals surface area contributed by atoms with E-state index < -0.39 is 33.5 Å². The Labute approximate surface area is 271 Å². The van der Waals surface area contributed by atoms with Gasteiger partial charge in [-0.15, -0.1) is 11.3 Å². The van der Waals surface area contributed by atoms with Crippen molar-refractivity contribution in [3.05, 3.63) is 90.1 Å². The second-order valence-electron chi connectivity index (χ2n) is 11.1. The molecule has 1 saturated carbocycles. The highest BCUT2D eigenvalue weighted by atomic mass is 32.2. The van der Waals surface area contributed by atoms with E-state index in [0.29, 0.717) is 43.6 Å². The van der Waals surface area contributed by atoms with Crippen molar-refractivity contribution in [1.82, 2.24) is 10.0 Å². The zero-order valence-corrected chi connectivity index (χ0v) is 27.4. The third-order valence-corrected chi connectivity index (χ3v) is 12.0. The molecule has 10 nitrogen and oxygen atoms in total.